The van der Waals surface area contributed by atoms with E-state index >= 15 is 0 Å². The maximum atomic E-state index is 11.3. The molecule has 2 N–H and O–H groups in total. The van der Waals surface area contributed by atoms with Crippen molar-refractivity contribution in [2.45, 2.75) is 52.1 Å². The van der Waals surface area contributed by atoms with E-state index in [9.17, 15) is 9.90 Å². The monoisotopic (exact) mass is 263 g/mol. The standard InChI is InChI=1S/C16H25NO2/c1-12(2)9-10-13(3)17-15(16(18)19)11-14-7-5-4-6-8-14/h4-8,12-13,15,17H,9-11H2,1-3H3,(H,18,19)/t13?,15-/m0/s1. The van der Waals surface area contributed by atoms with E-state index in [-0.39, 0.29) is 6.04 Å². The first-order valence-electron chi connectivity index (χ1n) is 7.01. The Hall–Kier alpha value is -1.35. The molecule has 0 spiro atoms. The molecule has 0 aliphatic heterocycles. The zero-order chi connectivity index (χ0) is 14.3. The Balaban J connectivity index is 2.51. The van der Waals surface area contributed by atoms with Gasteiger partial charge in [-0.05, 0) is 37.7 Å². The van der Waals surface area contributed by atoms with Gasteiger partial charge >= 0.3 is 5.97 Å². The second-order valence-electron chi connectivity index (χ2n) is 5.62. The Morgan fingerprint density at radius 1 is 1.16 bits per heavy atom. The second kappa shape index (κ2) is 7.95. The Morgan fingerprint density at radius 2 is 1.79 bits per heavy atom. The summed E-state index contributed by atoms with van der Waals surface area (Å²) in [5, 5.41) is 12.5. The van der Waals surface area contributed by atoms with Crippen LogP contribution in [-0.4, -0.2) is 23.2 Å². The number of hydrogen-bond donors (Lipinski definition) is 2. The normalized spacial score (nSPS) is 14.3. The molecular formula is C16H25NO2. The van der Waals surface area contributed by atoms with E-state index in [1.54, 1.807) is 0 Å². The van der Waals surface area contributed by atoms with Crippen molar-refractivity contribution in [3.8, 4) is 0 Å². The lowest BCUT2D eigenvalue weighted by Crippen LogP contribution is -2.43. The molecule has 0 radical (unpaired) electrons. The first-order chi connectivity index (χ1) is 8.99. The molecule has 0 saturated carbocycles. The van der Waals surface area contributed by atoms with Gasteiger partial charge in [0.25, 0.3) is 0 Å². The minimum absolute atomic E-state index is 0.229. The van der Waals surface area contributed by atoms with Crippen LogP contribution < -0.4 is 5.32 Å². The van der Waals surface area contributed by atoms with Gasteiger partial charge in [0.15, 0.2) is 0 Å². The first kappa shape index (κ1) is 15.7. The van der Waals surface area contributed by atoms with Gasteiger partial charge < -0.3 is 10.4 Å². The summed E-state index contributed by atoms with van der Waals surface area (Å²) in [6, 6.07) is 9.48. The summed E-state index contributed by atoms with van der Waals surface area (Å²) in [5.74, 6) is -0.123. The predicted molar refractivity (Wildman–Crippen MR) is 78.2 cm³/mol. The highest BCUT2D eigenvalue weighted by molar-refractivity contribution is 5.74. The molecule has 1 unspecified atom stereocenters. The highest BCUT2D eigenvalue weighted by Crippen LogP contribution is 2.09. The Labute approximate surface area is 116 Å². The fraction of sp³-hybridized carbons (Fsp3) is 0.562. The van der Waals surface area contributed by atoms with Gasteiger partial charge in [0.2, 0.25) is 0 Å². The third-order valence-corrected chi connectivity index (χ3v) is 3.24. The van der Waals surface area contributed by atoms with E-state index in [4.69, 9.17) is 0 Å². The summed E-state index contributed by atoms with van der Waals surface area (Å²) in [6.45, 7) is 6.43. The summed E-state index contributed by atoms with van der Waals surface area (Å²) in [7, 11) is 0. The molecule has 0 aliphatic rings. The molecule has 0 aliphatic carbocycles. The molecule has 0 saturated heterocycles. The van der Waals surface area contributed by atoms with Crippen LogP contribution in [0.2, 0.25) is 0 Å². The van der Waals surface area contributed by atoms with Gasteiger partial charge in [-0.1, -0.05) is 44.2 Å². The smallest absolute Gasteiger partial charge is 0.321 e. The van der Waals surface area contributed by atoms with Gasteiger partial charge in [0, 0.05) is 6.04 Å². The molecule has 0 bridgehead atoms. The van der Waals surface area contributed by atoms with Gasteiger partial charge in [0.05, 0.1) is 0 Å². The zero-order valence-corrected chi connectivity index (χ0v) is 12.1. The van der Waals surface area contributed by atoms with Crippen LogP contribution in [0.1, 0.15) is 39.2 Å². The van der Waals surface area contributed by atoms with Crippen molar-refractivity contribution in [2.24, 2.45) is 5.92 Å². The number of nitrogens with one attached hydrogen (secondary N) is 1. The van der Waals surface area contributed by atoms with E-state index in [0.29, 0.717) is 12.3 Å². The van der Waals surface area contributed by atoms with Gasteiger partial charge in [-0.25, -0.2) is 0 Å². The molecule has 19 heavy (non-hydrogen) atoms. The fourth-order valence-corrected chi connectivity index (χ4v) is 2.08. The number of hydrogen-bond acceptors (Lipinski definition) is 2. The minimum Gasteiger partial charge on any atom is -0.480 e. The quantitative estimate of drug-likeness (QED) is 0.757. The van der Waals surface area contributed by atoms with Crippen LogP contribution in [0.3, 0.4) is 0 Å². The van der Waals surface area contributed by atoms with Gasteiger partial charge in [0.1, 0.15) is 6.04 Å². The van der Waals surface area contributed by atoms with Crippen molar-refractivity contribution in [1.29, 1.82) is 0 Å². The largest absolute Gasteiger partial charge is 0.480 e. The minimum atomic E-state index is -0.778. The average molecular weight is 263 g/mol. The van der Waals surface area contributed by atoms with Crippen LogP contribution in [0.25, 0.3) is 0 Å². The molecule has 1 rings (SSSR count). The Morgan fingerprint density at radius 3 is 2.32 bits per heavy atom. The van der Waals surface area contributed by atoms with Gasteiger partial charge in [-0.3, -0.25) is 4.79 Å². The maximum absolute atomic E-state index is 11.3. The highest BCUT2D eigenvalue weighted by atomic mass is 16.4. The van der Waals surface area contributed by atoms with Crippen molar-refractivity contribution in [3.63, 3.8) is 0 Å². The summed E-state index contributed by atoms with van der Waals surface area (Å²) in [4.78, 5) is 11.3. The van der Waals surface area contributed by atoms with Crippen LogP contribution in [-0.2, 0) is 11.2 Å². The van der Waals surface area contributed by atoms with Crippen molar-refractivity contribution in [1.82, 2.24) is 5.32 Å². The lowest BCUT2D eigenvalue weighted by molar-refractivity contribution is -0.139. The Kier molecular flexibility index (Phi) is 6.57. The molecule has 3 heteroatoms. The predicted octanol–water partition coefficient (Wildman–Crippen LogP) is 3.10. The van der Waals surface area contributed by atoms with Crippen LogP contribution in [0.15, 0.2) is 30.3 Å². The third kappa shape index (κ3) is 6.39. The summed E-state index contributed by atoms with van der Waals surface area (Å²) < 4.78 is 0. The molecule has 1 aromatic carbocycles. The summed E-state index contributed by atoms with van der Waals surface area (Å²) >= 11 is 0. The lowest BCUT2D eigenvalue weighted by atomic mass is 10.0. The van der Waals surface area contributed by atoms with Crippen molar-refractivity contribution < 1.29 is 9.90 Å². The number of carbonyl (C=O) groups is 1. The first-order valence-corrected chi connectivity index (χ1v) is 7.01. The number of carboxylic acid groups (broad SMARTS) is 1. The third-order valence-electron chi connectivity index (χ3n) is 3.24. The van der Waals surface area contributed by atoms with E-state index in [1.165, 1.54) is 0 Å². The number of aliphatic carboxylic acids is 1. The lowest BCUT2D eigenvalue weighted by Gasteiger charge is -2.21. The molecule has 106 valence electrons. The van der Waals surface area contributed by atoms with Gasteiger partial charge in [-0.2, -0.15) is 0 Å². The molecule has 2 atom stereocenters. The molecule has 0 heterocycles. The molecule has 0 amide bonds. The van der Waals surface area contributed by atoms with E-state index in [2.05, 4.69) is 26.1 Å². The second-order valence-corrected chi connectivity index (χ2v) is 5.62. The van der Waals surface area contributed by atoms with Gasteiger partial charge in [-0.15, -0.1) is 0 Å². The molecule has 3 nitrogen and oxygen atoms in total. The van der Waals surface area contributed by atoms with Crippen molar-refractivity contribution in [3.05, 3.63) is 35.9 Å². The fourth-order valence-electron chi connectivity index (χ4n) is 2.08. The molecule has 0 aromatic heterocycles. The molecule has 1 aromatic rings. The van der Waals surface area contributed by atoms with Crippen LogP contribution >= 0.6 is 0 Å². The Bertz CT molecular complexity index is 376. The van der Waals surface area contributed by atoms with Crippen molar-refractivity contribution in [2.75, 3.05) is 0 Å². The van der Waals surface area contributed by atoms with Crippen LogP contribution in [0.4, 0.5) is 0 Å². The van der Waals surface area contributed by atoms with E-state index in [0.717, 1.165) is 18.4 Å². The maximum Gasteiger partial charge on any atom is 0.321 e. The van der Waals surface area contributed by atoms with E-state index in [1.807, 2.05) is 30.3 Å². The summed E-state index contributed by atoms with van der Waals surface area (Å²) in [6.07, 6.45) is 2.66. The van der Waals surface area contributed by atoms with E-state index < -0.39 is 12.0 Å². The number of benzene rings is 1. The summed E-state index contributed by atoms with van der Waals surface area (Å²) in [5.41, 5.74) is 1.05. The highest BCUT2D eigenvalue weighted by Gasteiger charge is 2.19. The SMILES string of the molecule is CC(C)CCC(C)N[C@@H](Cc1ccccc1)C(=O)O. The molecule has 0 fully saturated rings. The van der Waals surface area contributed by atoms with Crippen molar-refractivity contribution >= 4 is 5.97 Å². The number of carboxylic acids is 1. The number of rotatable bonds is 8. The molecular weight excluding hydrogens is 238 g/mol. The van der Waals surface area contributed by atoms with Crippen LogP contribution in [0.5, 0.6) is 0 Å². The van der Waals surface area contributed by atoms with Crippen LogP contribution in [0, 0.1) is 5.92 Å². The average Bonchev–Trinajstić information content (AvgIpc) is 2.36. The zero-order valence-electron chi connectivity index (χ0n) is 12.1. The topological polar surface area (TPSA) is 49.3 Å².